The van der Waals surface area contributed by atoms with Crippen LogP contribution in [0.3, 0.4) is 0 Å². The van der Waals surface area contributed by atoms with Crippen LogP contribution in [0.2, 0.25) is 0 Å². The molecule has 0 radical (unpaired) electrons. The normalized spacial score (nSPS) is 19.6. The lowest BCUT2D eigenvalue weighted by Crippen LogP contribution is -2.26. The van der Waals surface area contributed by atoms with E-state index < -0.39 is 17.6 Å². The summed E-state index contributed by atoms with van der Waals surface area (Å²) < 4.78 is 52.9. The zero-order valence-electron chi connectivity index (χ0n) is 12.9. The highest BCUT2D eigenvalue weighted by Crippen LogP contribution is 2.48. The zero-order valence-corrected chi connectivity index (χ0v) is 14.5. The summed E-state index contributed by atoms with van der Waals surface area (Å²) in [5.74, 6) is -1.42. The van der Waals surface area contributed by atoms with Gasteiger partial charge in [-0.05, 0) is 47.7 Å². The van der Waals surface area contributed by atoms with Crippen molar-refractivity contribution in [1.82, 2.24) is 5.32 Å². The summed E-state index contributed by atoms with van der Waals surface area (Å²) in [6, 6.07) is 10.1. The Hall–Kier alpha value is -1.89. The van der Waals surface area contributed by atoms with E-state index >= 15 is 0 Å². The Kier molecular flexibility index (Phi) is 4.86. The summed E-state index contributed by atoms with van der Waals surface area (Å²) in [4.78, 5) is 12.2. The van der Waals surface area contributed by atoms with Crippen molar-refractivity contribution in [1.29, 1.82) is 0 Å². The molecule has 2 aromatic rings. The van der Waals surface area contributed by atoms with Gasteiger partial charge in [-0.15, -0.1) is 0 Å². The minimum absolute atomic E-state index is 0.0767. The first-order valence-electron chi connectivity index (χ1n) is 7.64. The van der Waals surface area contributed by atoms with E-state index in [2.05, 4.69) is 21.2 Å². The van der Waals surface area contributed by atoms with Gasteiger partial charge in [-0.2, -0.15) is 13.2 Å². The van der Waals surface area contributed by atoms with Crippen LogP contribution in [-0.2, 0) is 17.5 Å². The van der Waals surface area contributed by atoms with E-state index in [0.717, 1.165) is 22.2 Å². The third-order valence-electron chi connectivity index (χ3n) is 4.23. The van der Waals surface area contributed by atoms with Gasteiger partial charge in [0.05, 0.1) is 5.56 Å². The molecule has 3 rings (SSSR count). The minimum Gasteiger partial charge on any atom is -0.352 e. The number of carbonyl (C=O) groups excluding carboxylic acids is 1. The highest BCUT2D eigenvalue weighted by atomic mass is 79.9. The average molecular weight is 416 g/mol. The van der Waals surface area contributed by atoms with Gasteiger partial charge >= 0.3 is 6.18 Å². The lowest BCUT2D eigenvalue weighted by atomic mass is 10.1. The van der Waals surface area contributed by atoms with Gasteiger partial charge in [-0.25, -0.2) is 4.39 Å². The second kappa shape index (κ2) is 6.78. The molecule has 2 atom stereocenters. The second-order valence-electron chi connectivity index (χ2n) is 6.02. The molecule has 1 amide bonds. The van der Waals surface area contributed by atoms with Crippen molar-refractivity contribution in [3.05, 3.63) is 69.4 Å². The lowest BCUT2D eigenvalue weighted by Gasteiger charge is -2.13. The number of rotatable bonds is 4. The molecule has 2 aromatic carbocycles. The molecule has 7 heteroatoms. The predicted octanol–water partition coefficient (Wildman–Crippen LogP) is 5.03. The first kappa shape index (κ1) is 17.9. The van der Waals surface area contributed by atoms with Crippen LogP contribution < -0.4 is 5.32 Å². The number of carbonyl (C=O) groups is 1. The van der Waals surface area contributed by atoms with Crippen LogP contribution in [0.1, 0.15) is 29.0 Å². The quantitative estimate of drug-likeness (QED) is 0.697. The van der Waals surface area contributed by atoms with Crippen LogP contribution >= 0.6 is 15.9 Å². The van der Waals surface area contributed by atoms with Gasteiger partial charge in [-0.3, -0.25) is 4.79 Å². The molecular formula is C18H14BrF4NO. The molecular weight excluding hydrogens is 402 g/mol. The van der Waals surface area contributed by atoms with E-state index in [-0.39, 0.29) is 29.9 Å². The summed E-state index contributed by atoms with van der Waals surface area (Å²) >= 11 is 3.37. The molecule has 1 aliphatic rings. The molecule has 132 valence electrons. The summed E-state index contributed by atoms with van der Waals surface area (Å²) in [6.45, 7) is -0.282. The molecule has 2 nitrogen and oxygen atoms in total. The number of halogens is 5. The zero-order chi connectivity index (χ0) is 18.2. The fourth-order valence-corrected chi connectivity index (χ4v) is 3.29. The molecule has 1 N–H and O–H groups in total. The monoisotopic (exact) mass is 415 g/mol. The van der Waals surface area contributed by atoms with Gasteiger partial charge in [-0.1, -0.05) is 34.1 Å². The van der Waals surface area contributed by atoms with Crippen molar-refractivity contribution in [2.24, 2.45) is 5.92 Å². The molecule has 1 aliphatic carbocycles. The molecule has 0 aliphatic heterocycles. The van der Waals surface area contributed by atoms with Gasteiger partial charge in [0.1, 0.15) is 5.82 Å². The number of amides is 1. The fourth-order valence-electron chi connectivity index (χ4n) is 2.87. The van der Waals surface area contributed by atoms with E-state index in [1.54, 1.807) is 0 Å². The van der Waals surface area contributed by atoms with Crippen molar-refractivity contribution in [3.8, 4) is 0 Å². The van der Waals surface area contributed by atoms with Gasteiger partial charge < -0.3 is 5.32 Å². The molecule has 1 fully saturated rings. The average Bonchev–Trinajstić information content (AvgIpc) is 3.33. The first-order valence-corrected chi connectivity index (χ1v) is 8.44. The van der Waals surface area contributed by atoms with Crippen molar-refractivity contribution >= 4 is 21.8 Å². The van der Waals surface area contributed by atoms with Crippen molar-refractivity contribution < 1.29 is 22.4 Å². The molecule has 0 aromatic heterocycles. The van der Waals surface area contributed by atoms with E-state index in [9.17, 15) is 22.4 Å². The van der Waals surface area contributed by atoms with Crippen LogP contribution in [0.25, 0.3) is 0 Å². The predicted molar refractivity (Wildman–Crippen MR) is 88.2 cm³/mol. The fraction of sp³-hybridized carbons (Fsp3) is 0.278. The van der Waals surface area contributed by atoms with E-state index in [1.165, 1.54) is 0 Å². The Labute approximate surface area is 150 Å². The van der Waals surface area contributed by atoms with Crippen LogP contribution in [0, 0.1) is 11.7 Å². The standard InChI is InChI=1S/C18H14BrF4NO/c19-12-3-1-2-10(6-12)14-8-15(14)17(25)24-9-11-4-5-13(20)7-16(11)18(21,22)23/h1-7,14-15H,8-9H2,(H,24,25). The number of hydrogen-bond donors (Lipinski definition) is 1. The van der Waals surface area contributed by atoms with Crippen molar-refractivity contribution in [2.75, 3.05) is 0 Å². The van der Waals surface area contributed by atoms with E-state index in [1.807, 2.05) is 24.3 Å². The Morgan fingerprint density at radius 1 is 1.20 bits per heavy atom. The highest BCUT2D eigenvalue weighted by Gasteiger charge is 2.44. The van der Waals surface area contributed by atoms with Crippen LogP contribution in [-0.4, -0.2) is 5.91 Å². The van der Waals surface area contributed by atoms with Gasteiger partial charge in [0, 0.05) is 16.9 Å². The third kappa shape index (κ3) is 4.21. The van der Waals surface area contributed by atoms with Gasteiger partial charge in [0.25, 0.3) is 0 Å². The van der Waals surface area contributed by atoms with Crippen LogP contribution in [0.4, 0.5) is 17.6 Å². The minimum atomic E-state index is -4.67. The topological polar surface area (TPSA) is 29.1 Å². The Morgan fingerprint density at radius 2 is 1.96 bits per heavy atom. The summed E-state index contributed by atoms with van der Waals surface area (Å²) in [6.07, 6.45) is -4.00. The summed E-state index contributed by atoms with van der Waals surface area (Å²) in [7, 11) is 0. The van der Waals surface area contributed by atoms with Crippen molar-refractivity contribution in [2.45, 2.75) is 25.1 Å². The Bertz CT molecular complexity index is 806. The Morgan fingerprint density at radius 3 is 2.64 bits per heavy atom. The number of nitrogens with one attached hydrogen (secondary N) is 1. The largest absolute Gasteiger partial charge is 0.416 e. The van der Waals surface area contributed by atoms with Crippen LogP contribution in [0.15, 0.2) is 46.9 Å². The lowest BCUT2D eigenvalue weighted by molar-refractivity contribution is -0.138. The third-order valence-corrected chi connectivity index (χ3v) is 4.73. The Balaban J connectivity index is 1.64. The molecule has 0 bridgehead atoms. The smallest absolute Gasteiger partial charge is 0.352 e. The van der Waals surface area contributed by atoms with E-state index in [0.29, 0.717) is 12.5 Å². The maximum atomic E-state index is 13.1. The molecule has 0 heterocycles. The highest BCUT2D eigenvalue weighted by molar-refractivity contribution is 9.10. The molecule has 0 saturated heterocycles. The first-order chi connectivity index (χ1) is 11.8. The number of hydrogen-bond acceptors (Lipinski definition) is 1. The molecule has 1 saturated carbocycles. The molecule has 0 spiro atoms. The SMILES string of the molecule is O=C(NCc1ccc(F)cc1C(F)(F)F)C1CC1c1cccc(Br)c1. The molecule has 25 heavy (non-hydrogen) atoms. The van der Waals surface area contributed by atoms with E-state index in [4.69, 9.17) is 0 Å². The van der Waals surface area contributed by atoms with Gasteiger partial charge in [0.2, 0.25) is 5.91 Å². The number of alkyl halides is 3. The maximum absolute atomic E-state index is 13.1. The van der Waals surface area contributed by atoms with Crippen LogP contribution in [0.5, 0.6) is 0 Å². The van der Waals surface area contributed by atoms with Gasteiger partial charge in [0.15, 0.2) is 0 Å². The summed E-state index contributed by atoms with van der Waals surface area (Å²) in [5, 5.41) is 2.53. The maximum Gasteiger partial charge on any atom is 0.416 e. The summed E-state index contributed by atoms with van der Waals surface area (Å²) in [5.41, 5.74) is -0.193. The van der Waals surface area contributed by atoms with Crippen molar-refractivity contribution in [3.63, 3.8) is 0 Å². The number of benzene rings is 2. The second-order valence-corrected chi connectivity index (χ2v) is 6.94. The molecule has 2 unspecified atom stereocenters.